The summed E-state index contributed by atoms with van der Waals surface area (Å²) in [4.78, 5) is 50.3. The van der Waals surface area contributed by atoms with Gasteiger partial charge in [-0.25, -0.2) is 14.4 Å². The first-order chi connectivity index (χ1) is 30.9. The maximum absolute atomic E-state index is 12.3. The number of hydrogen-bond donors (Lipinski definition) is 3. The van der Waals surface area contributed by atoms with Crippen molar-refractivity contribution < 1.29 is 38.9 Å². The highest BCUT2D eigenvalue weighted by molar-refractivity contribution is 9.08. The van der Waals surface area contributed by atoms with Gasteiger partial charge in [0.1, 0.15) is 17.9 Å². The summed E-state index contributed by atoms with van der Waals surface area (Å²) in [7, 11) is 0. The monoisotopic (exact) mass is 933 g/mol. The Balaban J connectivity index is 0.000000192. The van der Waals surface area contributed by atoms with Crippen molar-refractivity contribution in [3.05, 3.63) is 191 Å². The van der Waals surface area contributed by atoms with Crippen molar-refractivity contribution in [2.24, 2.45) is 0 Å². The minimum atomic E-state index is -0.905. The highest BCUT2D eigenvalue weighted by Gasteiger charge is 2.22. The number of esters is 1. The number of benzene rings is 6. The summed E-state index contributed by atoms with van der Waals surface area (Å²) in [6.07, 6.45) is 6.77. The van der Waals surface area contributed by atoms with Crippen LogP contribution in [-0.2, 0) is 31.6 Å². The van der Waals surface area contributed by atoms with E-state index in [9.17, 15) is 14.4 Å². The van der Waals surface area contributed by atoms with E-state index in [0.717, 1.165) is 45.2 Å². The molecule has 0 bridgehead atoms. The summed E-state index contributed by atoms with van der Waals surface area (Å²) in [6.45, 7) is 13.1. The Hall–Kier alpha value is -7.42. The molecule has 0 spiro atoms. The molecule has 3 N–H and O–H groups in total. The first-order valence-corrected chi connectivity index (χ1v) is 21.7. The molecule has 11 heteroatoms. The number of nitrogens with zero attached hydrogens (tertiary/aromatic N) is 1. The summed E-state index contributed by atoms with van der Waals surface area (Å²) in [5, 5.41) is 22.5. The van der Waals surface area contributed by atoms with Crippen LogP contribution in [0.2, 0.25) is 0 Å². The van der Waals surface area contributed by atoms with Crippen LogP contribution < -0.4 is 5.32 Å². The van der Waals surface area contributed by atoms with Crippen LogP contribution in [-0.4, -0.2) is 44.4 Å². The number of aromatic nitrogens is 1. The van der Waals surface area contributed by atoms with Crippen LogP contribution in [0.25, 0.3) is 39.2 Å². The Morgan fingerprint density at radius 1 is 0.692 bits per heavy atom. The van der Waals surface area contributed by atoms with E-state index in [1.54, 1.807) is 36.4 Å². The molecule has 0 unspecified atom stereocenters. The quantitative estimate of drug-likeness (QED) is 0.0768. The van der Waals surface area contributed by atoms with Crippen LogP contribution in [0.4, 0.5) is 5.69 Å². The first kappa shape index (κ1) is 48.6. The van der Waals surface area contributed by atoms with E-state index in [1.807, 2.05) is 75.5 Å². The summed E-state index contributed by atoms with van der Waals surface area (Å²) < 4.78 is 7.64. The lowest BCUT2D eigenvalue weighted by Gasteiger charge is -2.23. The van der Waals surface area contributed by atoms with Crippen LogP contribution in [0, 0.1) is 6.20 Å². The number of carboxylic acids is 2. The average molecular weight is 935 g/mol. The fraction of sp³-hybridized carbons (Fsp3) is 0.185. The van der Waals surface area contributed by atoms with Crippen molar-refractivity contribution in [2.75, 3.05) is 5.32 Å². The van der Waals surface area contributed by atoms with Gasteiger partial charge in [0.25, 0.3) is 0 Å². The number of nitrogens with one attached hydrogen (secondary N) is 1. The van der Waals surface area contributed by atoms with Gasteiger partial charge in [-0.2, -0.15) is 14.9 Å². The zero-order chi connectivity index (χ0) is 47.3. The number of carboxylic acid groups (broad SMARTS) is 2. The standard InChI is InChI=1S/C26H25NO2.C18H19BrO2.C9H5NO2.CO2/c1-26(2,3)23-7-5-4-6-22(23)19-10-8-18(9-11-19)17-27-15-14-20-16-21(25(28)29)12-13-24(20)27;1-18(2,3)21-17(20)16-7-5-4-6-15(16)14-10-8-13(12-19)9-11-14;11-9(12)7-1-2-8-6(5-7)3-4-10-8;2-1-3/h4-16H,17H2,1-3H3,(H,28,29);4-11H,12H2,1-3H3;1-3,5,10H;/p+1. The molecule has 0 aliphatic carbocycles. The topological polar surface area (TPSA) is 152 Å². The molecule has 0 saturated carbocycles. The largest absolute Gasteiger partial charge is 0.478 e. The summed E-state index contributed by atoms with van der Waals surface area (Å²) in [5.74, 6) is -2.09. The minimum Gasteiger partial charge on any atom is -0.478 e. The van der Waals surface area contributed by atoms with Gasteiger partial charge in [0.15, 0.2) is 11.3 Å². The molecule has 0 atom stereocenters. The molecule has 0 fully saturated rings. The van der Waals surface area contributed by atoms with Crippen molar-refractivity contribution in [1.29, 1.82) is 0 Å². The Labute approximate surface area is 387 Å². The first-order valence-electron chi connectivity index (χ1n) is 20.6. The lowest BCUT2D eigenvalue weighted by atomic mass is 9.82. The minimum absolute atomic E-state index is 0.0914. The number of rotatable bonds is 8. The van der Waals surface area contributed by atoms with Crippen molar-refractivity contribution in [3.8, 4) is 22.3 Å². The highest BCUT2D eigenvalue weighted by Crippen LogP contribution is 2.33. The SMILES string of the molecule is CC(C)(C)OC(=O)c1ccccc1-c1ccc(CBr)cc1.CC(C)(C)c1ccccc1-c1ccc(Cn2ccc3cc(C(=O)O)ccc32)cc1.O=C(O)c1ccc2c(c1)C=[C+]N2.O=C=O. The molecule has 0 radical (unpaired) electrons. The smallest absolute Gasteiger partial charge is 0.373 e. The van der Waals surface area contributed by atoms with Gasteiger partial charge in [-0.1, -0.05) is 128 Å². The number of ether oxygens (including phenoxy) is 1. The zero-order valence-electron chi connectivity index (χ0n) is 37.0. The van der Waals surface area contributed by atoms with Crippen LogP contribution >= 0.6 is 15.9 Å². The van der Waals surface area contributed by atoms with Gasteiger partial charge < -0.3 is 19.5 Å². The van der Waals surface area contributed by atoms with E-state index < -0.39 is 17.5 Å². The number of alkyl halides is 1. The van der Waals surface area contributed by atoms with Gasteiger partial charge in [0, 0.05) is 41.1 Å². The third-order valence-corrected chi connectivity index (χ3v) is 10.7. The molecule has 7 aromatic rings. The van der Waals surface area contributed by atoms with E-state index in [4.69, 9.17) is 24.5 Å². The number of hydrogen-bond acceptors (Lipinski definition) is 7. The van der Waals surface area contributed by atoms with Gasteiger partial charge in [-0.05, 0) is 102 Å². The molecule has 6 aromatic carbocycles. The predicted molar refractivity (Wildman–Crippen MR) is 258 cm³/mol. The summed E-state index contributed by atoms with van der Waals surface area (Å²) >= 11 is 3.43. The van der Waals surface area contributed by atoms with Crippen molar-refractivity contribution >= 4 is 62.7 Å². The average Bonchev–Trinajstić information content (AvgIpc) is 3.93. The fourth-order valence-corrected chi connectivity index (χ4v) is 7.36. The van der Waals surface area contributed by atoms with E-state index >= 15 is 0 Å². The molecule has 0 amide bonds. The molecule has 1 aliphatic rings. The maximum atomic E-state index is 12.3. The number of carbonyl (C=O) groups excluding carboxylic acids is 3. The maximum Gasteiger partial charge on any atom is 0.373 e. The van der Waals surface area contributed by atoms with Gasteiger partial charge >= 0.3 is 24.1 Å². The second-order valence-electron chi connectivity index (χ2n) is 17.0. The zero-order valence-corrected chi connectivity index (χ0v) is 38.6. The van der Waals surface area contributed by atoms with Gasteiger partial charge in [0.05, 0.1) is 16.7 Å². The van der Waals surface area contributed by atoms with E-state index in [-0.39, 0.29) is 17.5 Å². The fourth-order valence-electron chi connectivity index (χ4n) is 6.99. The molecule has 0 saturated heterocycles. The molecular formula is C54H50BrN2O8+. The van der Waals surface area contributed by atoms with Crippen molar-refractivity contribution in [1.82, 2.24) is 4.57 Å². The van der Waals surface area contributed by atoms with E-state index in [0.29, 0.717) is 16.7 Å². The van der Waals surface area contributed by atoms with Gasteiger partial charge in [0.2, 0.25) is 0 Å². The number of halogens is 1. The second kappa shape index (κ2) is 21.8. The highest BCUT2D eigenvalue weighted by atomic mass is 79.9. The molecule has 1 aromatic heterocycles. The Bertz CT molecular complexity index is 2840. The molecule has 65 heavy (non-hydrogen) atoms. The summed E-state index contributed by atoms with van der Waals surface area (Å²) in [6, 6.07) is 45.2. The Morgan fingerprint density at radius 3 is 1.85 bits per heavy atom. The number of anilines is 1. The molecule has 10 nitrogen and oxygen atoms in total. The van der Waals surface area contributed by atoms with Crippen LogP contribution in [0.1, 0.15) is 94.9 Å². The van der Waals surface area contributed by atoms with E-state index in [1.165, 1.54) is 27.8 Å². The normalized spacial score (nSPS) is 11.1. The van der Waals surface area contributed by atoms with Gasteiger partial charge in [-0.3, -0.25) is 0 Å². The number of fused-ring (bicyclic) bond motifs is 2. The van der Waals surface area contributed by atoms with Crippen LogP contribution in [0.3, 0.4) is 0 Å². The lowest BCUT2D eigenvalue weighted by Crippen LogP contribution is -2.24. The number of aromatic carboxylic acids is 2. The predicted octanol–water partition coefficient (Wildman–Crippen LogP) is 12.6. The molecule has 8 rings (SSSR count). The van der Waals surface area contributed by atoms with Crippen molar-refractivity contribution in [2.45, 2.75) is 64.4 Å². The summed E-state index contributed by atoms with van der Waals surface area (Å²) in [5.41, 5.74) is 11.8. The molecule has 1 aliphatic heterocycles. The molecular weight excluding hydrogens is 885 g/mol. The molecule has 330 valence electrons. The third-order valence-electron chi connectivity index (χ3n) is 10.1. The van der Waals surface area contributed by atoms with Crippen molar-refractivity contribution in [3.63, 3.8) is 0 Å². The number of carbonyl (C=O) groups is 3. The third kappa shape index (κ3) is 13.3. The Morgan fingerprint density at radius 2 is 1.25 bits per heavy atom. The van der Waals surface area contributed by atoms with Gasteiger partial charge in [-0.15, -0.1) is 0 Å². The van der Waals surface area contributed by atoms with E-state index in [2.05, 4.69) is 113 Å². The van der Waals surface area contributed by atoms with Crippen LogP contribution in [0.15, 0.2) is 146 Å². The molecule has 2 heterocycles. The second-order valence-corrected chi connectivity index (χ2v) is 17.6. The van der Waals surface area contributed by atoms with Crippen LogP contribution in [0.5, 0.6) is 0 Å². The Kier molecular flexibility index (Phi) is 16.3. The lowest BCUT2D eigenvalue weighted by molar-refractivity contribution is -0.191.